The van der Waals surface area contributed by atoms with Gasteiger partial charge in [-0.15, -0.1) is 0 Å². The van der Waals surface area contributed by atoms with Crippen LogP contribution in [0.3, 0.4) is 0 Å². The van der Waals surface area contributed by atoms with Crippen LogP contribution in [0.25, 0.3) is 10.8 Å². The fraction of sp³-hybridized carbons (Fsp3) is 0.613. The first-order chi connectivity index (χ1) is 16.6. The summed E-state index contributed by atoms with van der Waals surface area (Å²) in [4.78, 5) is 0. The van der Waals surface area contributed by atoms with Crippen LogP contribution in [0, 0.1) is 29.4 Å². The van der Waals surface area contributed by atoms with E-state index in [1.165, 1.54) is 70.3 Å². The van der Waals surface area contributed by atoms with Crippen molar-refractivity contribution in [3.8, 4) is 5.75 Å². The fourth-order valence-electron chi connectivity index (χ4n) is 6.53. The van der Waals surface area contributed by atoms with Crippen molar-refractivity contribution in [2.24, 2.45) is 17.8 Å². The van der Waals surface area contributed by atoms with Crippen LogP contribution in [0.4, 0.5) is 8.78 Å². The number of hydrogen-bond donors (Lipinski definition) is 0. The van der Waals surface area contributed by atoms with E-state index in [9.17, 15) is 4.39 Å². The van der Waals surface area contributed by atoms with Crippen LogP contribution in [0.5, 0.6) is 5.75 Å². The maximum Gasteiger partial charge on any atom is 0.165 e. The molecule has 0 saturated heterocycles. The van der Waals surface area contributed by atoms with E-state index < -0.39 is 5.82 Å². The molecule has 1 nitrogen and oxygen atoms in total. The van der Waals surface area contributed by atoms with E-state index in [4.69, 9.17) is 4.74 Å². The lowest BCUT2D eigenvalue weighted by Gasteiger charge is -2.42. The van der Waals surface area contributed by atoms with E-state index in [-0.39, 0.29) is 17.5 Å². The van der Waals surface area contributed by atoms with E-state index in [1.807, 2.05) is 31.2 Å². The van der Waals surface area contributed by atoms with Gasteiger partial charge in [0, 0.05) is 5.39 Å². The molecule has 4 unspecified atom stereocenters. The normalized spacial score (nSPS) is 25.1. The predicted molar refractivity (Wildman–Crippen MR) is 138 cm³/mol. The Hall–Kier alpha value is -1.90. The smallest absolute Gasteiger partial charge is 0.165 e. The van der Waals surface area contributed by atoms with Crippen LogP contribution in [-0.4, -0.2) is 6.61 Å². The minimum atomic E-state index is -0.496. The SMILES string of the molecule is C/C=C/COc1cc2ccc(C3CCC4CC(CCCCCCC)CCC4C3)c(F)c2cc1F. The van der Waals surface area contributed by atoms with Gasteiger partial charge < -0.3 is 4.74 Å². The van der Waals surface area contributed by atoms with Crippen LogP contribution in [0.15, 0.2) is 36.4 Å². The summed E-state index contributed by atoms with van der Waals surface area (Å²) in [5, 5.41) is 1.08. The highest BCUT2D eigenvalue weighted by atomic mass is 19.1. The van der Waals surface area contributed by atoms with E-state index >= 15 is 4.39 Å². The third-order valence-corrected chi connectivity index (χ3v) is 8.48. The average Bonchev–Trinajstić information content (AvgIpc) is 2.85. The summed E-state index contributed by atoms with van der Waals surface area (Å²) in [7, 11) is 0. The van der Waals surface area contributed by atoms with Crippen molar-refractivity contribution in [1.29, 1.82) is 0 Å². The third kappa shape index (κ3) is 6.01. The Balaban J connectivity index is 1.38. The van der Waals surface area contributed by atoms with Crippen LogP contribution in [0.1, 0.15) is 102 Å². The Labute approximate surface area is 205 Å². The van der Waals surface area contributed by atoms with Crippen molar-refractivity contribution in [2.75, 3.05) is 6.61 Å². The van der Waals surface area contributed by atoms with Gasteiger partial charge >= 0.3 is 0 Å². The zero-order chi connectivity index (χ0) is 23.9. The highest BCUT2D eigenvalue weighted by Gasteiger charge is 2.36. The molecule has 2 aromatic rings. The largest absolute Gasteiger partial charge is 0.486 e. The van der Waals surface area contributed by atoms with Gasteiger partial charge in [0.25, 0.3) is 0 Å². The lowest BCUT2D eigenvalue weighted by molar-refractivity contribution is 0.112. The molecule has 0 aromatic heterocycles. The second-order valence-electron chi connectivity index (χ2n) is 10.8. The van der Waals surface area contributed by atoms with Gasteiger partial charge in [-0.05, 0) is 85.8 Å². The van der Waals surface area contributed by atoms with Crippen LogP contribution in [-0.2, 0) is 0 Å². The van der Waals surface area contributed by atoms with Crippen molar-refractivity contribution in [3.63, 3.8) is 0 Å². The van der Waals surface area contributed by atoms with E-state index in [1.54, 1.807) is 6.07 Å². The first-order valence-corrected chi connectivity index (χ1v) is 13.8. The van der Waals surface area contributed by atoms with Crippen molar-refractivity contribution >= 4 is 10.8 Å². The van der Waals surface area contributed by atoms with E-state index in [0.29, 0.717) is 17.4 Å². The molecule has 0 heterocycles. The monoisotopic (exact) mass is 468 g/mol. The Morgan fingerprint density at radius 1 is 0.941 bits per heavy atom. The van der Waals surface area contributed by atoms with E-state index in [0.717, 1.165) is 36.2 Å². The number of unbranched alkanes of at least 4 members (excludes halogenated alkanes) is 4. The number of hydrogen-bond acceptors (Lipinski definition) is 1. The van der Waals surface area contributed by atoms with Gasteiger partial charge in [0.05, 0.1) is 0 Å². The van der Waals surface area contributed by atoms with Crippen LogP contribution < -0.4 is 4.74 Å². The number of rotatable bonds is 10. The quantitative estimate of drug-likeness (QED) is 0.249. The standard InChI is InChI=1S/C31H42F2O/c1-3-5-7-8-9-10-22-11-12-24-19-25(14-13-23(24)18-22)27-16-15-26-20-30(34-17-6-4-2)29(32)21-28(26)31(27)33/h4,6,15-16,20-25H,3,5,7-14,17-19H2,1-2H3/b6-4+. The third-order valence-electron chi connectivity index (χ3n) is 8.48. The molecule has 4 atom stereocenters. The zero-order valence-electron chi connectivity index (χ0n) is 21.1. The summed E-state index contributed by atoms with van der Waals surface area (Å²) in [5.41, 5.74) is 0.783. The highest BCUT2D eigenvalue weighted by molar-refractivity contribution is 5.85. The summed E-state index contributed by atoms with van der Waals surface area (Å²) < 4.78 is 35.7. The molecule has 2 fully saturated rings. The second kappa shape index (κ2) is 12.2. The molecule has 34 heavy (non-hydrogen) atoms. The molecule has 0 bridgehead atoms. The molecule has 4 rings (SSSR count). The summed E-state index contributed by atoms with van der Waals surface area (Å²) in [6.45, 7) is 4.48. The molecule has 186 valence electrons. The maximum absolute atomic E-state index is 15.6. The van der Waals surface area contributed by atoms with Gasteiger partial charge in [-0.1, -0.05) is 76.2 Å². The second-order valence-corrected chi connectivity index (χ2v) is 10.8. The predicted octanol–water partition coefficient (Wildman–Crippen LogP) is 9.73. The lowest BCUT2D eigenvalue weighted by Crippen LogP contribution is -2.30. The molecule has 2 aliphatic carbocycles. The first-order valence-electron chi connectivity index (χ1n) is 13.8. The summed E-state index contributed by atoms with van der Waals surface area (Å²) in [6.07, 6.45) is 19.3. The molecular formula is C31H42F2O. The number of ether oxygens (including phenoxy) is 1. The number of allylic oxidation sites excluding steroid dienone is 1. The van der Waals surface area contributed by atoms with E-state index in [2.05, 4.69) is 6.92 Å². The zero-order valence-corrected chi connectivity index (χ0v) is 21.1. The Bertz CT molecular complexity index is 966. The first kappa shape index (κ1) is 25.2. The van der Waals surface area contributed by atoms with Crippen molar-refractivity contribution < 1.29 is 13.5 Å². The summed E-state index contributed by atoms with van der Waals surface area (Å²) >= 11 is 0. The van der Waals surface area contributed by atoms with Crippen molar-refractivity contribution in [3.05, 3.63) is 53.6 Å². The Morgan fingerprint density at radius 3 is 2.56 bits per heavy atom. The minimum absolute atomic E-state index is 0.181. The summed E-state index contributed by atoms with van der Waals surface area (Å²) in [5.74, 6) is 2.16. The molecule has 0 N–H and O–H groups in total. The summed E-state index contributed by atoms with van der Waals surface area (Å²) in [6, 6.07) is 6.83. The number of fused-ring (bicyclic) bond motifs is 2. The molecule has 2 aliphatic rings. The molecular weight excluding hydrogens is 426 g/mol. The van der Waals surface area contributed by atoms with Gasteiger partial charge in [0.15, 0.2) is 11.6 Å². The molecule has 0 radical (unpaired) electrons. The fourth-order valence-corrected chi connectivity index (χ4v) is 6.53. The van der Waals surface area contributed by atoms with Gasteiger partial charge in [0.2, 0.25) is 0 Å². The molecule has 0 aliphatic heterocycles. The highest BCUT2D eigenvalue weighted by Crippen LogP contribution is 2.49. The average molecular weight is 469 g/mol. The van der Waals surface area contributed by atoms with Crippen LogP contribution in [0.2, 0.25) is 0 Å². The molecule has 0 spiro atoms. The number of halogens is 2. The molecule has 2 aromatic carbocycles. The van der Waals surface area contributed by atoms with Gasteiger partial charge in [0.1, 0.15) is 12.4 Å². The number of benzene rings is 2. The Kier molecular flexibility index (Phi) is 9.03. The molecule has 2 saturated carbocycles. The van der Waals surface area contributed by atoms with Gasteiger partial charge in [-0.25, -0.2) is 8.78 Å². The Morgan fingerprint density at radius 2 is 1.74 bits per heavy atom. The molecule has 3 heteroatoms. The van der Waals surface area contributed by atoms with Crippen LogP contribution >= 0.6 is 0 Å². The lowest BCUT2D eigenvalue weighted by atomic mass is 9.63. The van der Waals surface area contributed by atoms with Crippen molar-refractivity contribution in [1.82, 2.24) is 0 Å². The topological polar surface area (TPSA) is 9.23 Å². The van der Waals surface area contributed by atoms with Crippen molar-refractivity contribution in [2.45, 2.75) is 96.8 Å². The maximum atomic E-state index is 15.6. The van der Waals surface area contributed by atoms with Gasteiger partial charge in [-0.2, -0.15) is 0 Å². The minimum Gasteiger partial charge on any atom is -0.486 e. The molecule has 0 amide bonds. The van der Waals surface area contributed by atoms with Gasteiger partial charge in [-0.3, -0.25) is 0 Å².